The number of benzene rings is 3. The minimum Gasteiger partial charge on any atom is -0.289 e. The summed E-state index contributed by atoms with van der Waals surface area (Å²) in [6, 6.07) is 23.1. The quantitative estimate of drug-likeness (QED) is 0.281. The van der Waals surface area contributed by atoms with Crippen LogP contribution in [0, 0.1) is 10.1 Å². The van der Waals surface area contributed by atoms with Gasteiger partial charge in [-0.2, -0.15) is 0 Å². The standard InChI is InChI=1S/C21H15NO3/c23-21(18-7-2-1-3-8-18)15-12-16-6-4-5-9-20(16)17-10-13-19(14-11-17)22(24)25/h1-15H/b15-12+. The molecule has 25 heavy (non-hydrogen) atoms. The topological polar surface area (TPSA) is 60.2 Å². The number of carbonyl (C=O) groups is 1. The lowest BCUT2D eigenvalue weighted by atomic mass is 9.98. The zero-order chi connectivity index (χ0) is 17.6. The number of nitrogens with zero attached hydrogens (tertiary/aromatic N) is 1. The average molecular weight is 329 g/mol. The molecule has 0 atom stereocenters. The monoisotopic (exact) mass is 329 g/mol. The van der Waals surface area contributed by atoms with Gasteiger partial charge in [0.05, 0.1) is 4.92 Å². The highest BCUT2D eigenvalue weighted by Crippen LogP contribution is 2.26. The van der Waals surface area contributed by atoms with Crippen molar-refractivity contribution in [3.05, 3.63) is 106 Å². The highest BCUT2D eigenvalue weighted by Gasteiger charge is 2.07. The third kappa shape index (κ3) is 3.87. The second kappa shape index (κ2) is 7.36. The van der Waals surface area contributed by atoms with Gasteiger partial charge in [0.15, 0.2) is 5.78 Å². The van der Waals surface area contributed by atoms with Crippen molar-refractivity contribution >= 4 is 17.5 Å². The molecule has 0 unspecified atom stereocenters. The number of rotatable bonds is 5. The summed E-state index contributed by atoms with van der Waals surface area (Å²) in [6.07, 6.45) is 3.31. The van der Waals surface area contributed by atoms with Gasteiger partial charge < -0.3 is 0 Å². The van der Waals surface area contributed by atoms with Gasteiger partial charge in [-0.05, 0) is 34.9 Å². The lowest BCUT2D eigenvalue weighted by Crippen LogP contribution is -1.93. The van der Waals surface area contributed by atoms with E-state index in [4.69, 9.17) is 0 Å². The number of hydrogen-bond donors (Lipinski definition) is 0. The van der Waals surface area contributed by atoms with Crippen LogP contribution >= 0.6 is 0 Å². The maximum Gasteiger partial charge on any atom is 0.269 e. The summed E-state index contributed by atoms with van der Waals surface area (Å²) in [7, 11) is 0. The number of allylic oxidation sites excluding steroid dienone is 1. The van der Waals surface area contributed by atoms with Crippen LogP contribution < -0.4 is 0 Å². The predicted molar refractivity (Wildman–Crippen MR) is 98.3 cm³/mol. The summed E-state index contributed by atoms with van der Waals surface area (Å²) in [5, 5.41) is 10.8. The van der Waals surface area contributed by atoms with E-state index in [-0.39, 0.29) is 11.5 Å². The van der Waals surface area contributed by atoms with E-state index < -0.39 is 4.92 Å². The van der Waals surface area contributed by atoms with Gasteiger partial charge in [-0.3, -0.25) is 14.9 Å². The summed E-state index contributed by atoms with van der Waals surface area (Å²) < 4.78 is 0. The molecule has 3 aromatic carbocycles. The SMILES string of the molecule is O=C(/C=C/c1ccccc1-c1ccc([N+](=O)[O-])cc1)c1ccccc1. The minimum absolute atomic E-state index is 0.0519. The van der Waals surface area contributed by atoms with Crippen molar-refractivity contribution in [3.63, 3.8) is 0 Å². The molecule has 3 rings (SSSR count). The second-order valence-electron chi connectivity index (χ2n) is 5.45. The Morgan fingerprint density at radius 2 is 1.48 bits per heavy atom. The lowest BCUT2D eigenvalue weighted by molar-refractivity contribution is -0.384. The van der Waals surface area contributed by atoms with E-state index >= 15 is 0 Å². The van der Waals surface area contributed by atoms with Gasteiger partial charge in [0.25, 0.3) is 5.69 Å². The number of ketones is 1. The molecule has 0 spiro atoms. The first-order valence-electron chi connectivity index (χ1n) is 7.76. The van der Waals surface area contributed by atoms with E-state index in [2.05, 4.69) is 0 Å². The minimum atomic E-state index is -0.423. The third-order valence-electron chi connectivity index (χ3n) is 3.82. The van der Waals surface area contributed by atoms with Crippen molar-refractivity contribution < 1.29 is 9.72 Å². The van der Waals surface area contributed by atoms with Crippen LogP contribution in [0.1, 0.15) is 15.9 Å². The average Bonchev–Trinajstić information content (AvgIpc) is 2.67. The molecule has 122 valence electrons. The van der Waals surface area contributed by atoms with Crippen molar-refractivity contribution in [1.29, 1.82) is 0 Å². The first-order chi connectivity index (χ1) is 12.1. The number of hydrogen-bond acceptors (Lipinski definition) is 3. The van der Waals surface area contributed by atoms with Gasteiger partial charge in [-0.1, -0.05) is 60.7 Å². The predicted octanol–water partition coefficient (Wildman–Crippen LogP) is 5.16. The van der Waals surface area contributed by atoms with Crippen LogP contribution in [0.3, 0.4) is 0 Å². The lowest BCUT2D eigenvalue weighted by Gasteiger charge is -2.06. The summed E-state index contributed by atoms with van der Waals surface area (Å²) in [4.78, 5) is 22.6. The number of non-ortho nitro benzene ring substituents is 1. The van der Waals surface area contributed by atoms with E-state index in [9.17, 15) is 14.9 Å². The summed E-state index contributed by atoms with van der Waals surface area (Å²) in [5.41, 5.74) is 3.33. The van der Waals surface area contributed by atoms with Crippen molar-refractivity contribution in [2.45, 2.75) is 0 Å². The summed E-state index contributed by atoms with van der Waals surface area (Å²) in [5.74, 6) is -0.0703. The van der Waals surface area contributed by atoms with E-state index in [1.807, 2.05) is 42.5 Å². The molecule has 0 heterocycles. The maximum atomic E-state index is 12.2. The molecule has 4 heteroatoms. The molecular formula is C21H15NO3. The fourth-order valence-corrected chi connectivity index (χ4v) is 2.53. The molecule has 0 aliphatic carbocycles. The van der Waals surface area contributed by atoms with Gasteiger partial charge in [-0.15, -0.1) is 0 Å². The second-order valence-corrected chi connectivity index (χ2v) is 5.45. The Labute approximate surface area is 145 Å². The molecule has 0 saturated carbocycles. The fraction of sp³-hybridized carbons (Fsp3) is 0. The Hall–Kier alpha value is -3.53. The van der Waals surface area contributed by atoms with Crippen LogP contribution in [0.4, 0.5) is 5.69 Å². The Bertz CT molecular complexity index is 929. The van der Waals surface area contributed by atoms with Crippen LogP contribution in [-0.2, 0) is 0 Å². The molecular weight excluding hydrogens is 314 g/mol. The van der Waals surface area contributed by atoms with E-state index in [0.29, 0.717) is 5.56 Å². The number of nitro benzene ring substituents is 1. The van der Waals surface area contributed by atoms with Crippen molar-refractivity contribution in [1.82, 2.24) is 0 Å². The van der Waals surface area contributed by atoms with Gasteiger partial charge in [0.1, 0.15) is 0 Å². The number of carbonyl (C=O) groups excluding carboxylic acids is 1. The van der Waals surface area contributed by atoms with Crippen LogP contribution in [0.15, 0.2) is 84.9 Å². The molecule has 3 aromatic rings. The molecule has 4 nitrogen and oxygen atoms in total. The molecule has 0 aromatic heterocycles. The van der Waals surface area contributed by atoms with Gasteiger partial charge in [-0.25, -0.2) is 0 Å². The zero-order valence-electron chi connectivity index (χ0n) is 13.3. The third-order valence-corrected chi connectivity index (χ3v) is 3.82. The zero-order valence-corrected chi connectivity index (χ0v) is 13.3. The van der Waals surface area contributed by atoms with Crippen LogP contribution in [-0.4, -0.2) is 10.7 Å². The highest BCUT2D eigenvalue weighted by atomic mass is 16.6. The summed E-state index contributed by atoms with van der Waals surface area (Å²) in [6.45, 7) is 0. The maximum absolute atomic E-state index is 12.2. The van der Waals surface area contributed by atoms with Crippen molar-refractivity contribution in [3.8, 4) is 11.1 Å². The largest absolute Gasteiger partial charge is 0.289 e. The first kappa shape index (κ1) is 16.3. The highest BCUT2D eigenvalue weighted by molar-refractivity contribution is 6.07. The Morgan fingerprint density at radius 3 is 2.16 bits per heavy atom. The molecule has 0 amide bonds. The van der Waals surface area contributed by atoms with E-state index in [0.717, 1.165) is 16.7 Å². The van der Waals surface area contributed by atoms with Gasteiger partial charge >= 0.3 is 0 Å². The van der Waals surface area contributed by atoms with E-state index in [1.165, 1.54) is 12.1 Å². The Kier molecular flexibility index (Phi) is 4.81. The Morgan fingerprint density at radius 1 is 0.840 bits per heavy atom. The van der Waals surface area contributed by atoms with Crippen molar-refractivity contribution in [2.75, 3.05) is 0 Å². The van der Waals surface area contributed by atoms with Gasteiger partial charge in [0.2, 0.25) is 0 Å². The smallest absolute Gasteiger partial charge is 0.269 e. The molecule has 0 aliphatic heterocycles. The van der Waals surface area contributed by atoms with Crippen LogP contribution in [0.5, 0.6) is 0 Å². The molecule has 0 bridgehead atoms. The van der Waals surface area contributed by atoms with Crippen molar-refractivity contribution in [2.24, 2.45) is 0 Å². The number of nitro groups is 1. The fourth-order valence-electron chi connectivity index (χ4n) is 2.53. The van der Waals surface area contributed by atoms with Gasteiger partial charge in [0, 0.05) is 17.7 Å². The molecule has 0 radical (unpaired) electrons. The van der Waals surface area contributed by atoms with E-state index in [1.54, 1.807) is 36.4 Å². The molecule has 0 fully saturated rings. The first-order valence-corrected chi connectivity index (χ1v) is 7.76. The summed E-state index contributed by atoms with van der Waals surface area (Å²) >= 11 is 0. The molecule has 0 N–H and O–H groups in total. The molecule has 0 saturated heterocycles. The van der Waals surface area contributed by atoms with Crippen LogP contribution in [0.25, 0.3) is 17.2 Å². The Balaban J connectivity index is 1.90. The van der Waals surface area contributed by atoms with Crippen LogP contribution in [0.2, 0.25) is 0 Å². The normalized spacial score (nSPS) is 10.7. The molecule has 0 aliphatic rings.